The summed E-state index contributed by atoms with van der Waals surface area (Å²) in [6.07, 6.45) is -2.34. The Hall–Kier alpha value is -3.31. The van der Waals surface area contributed by atoms with Crippen LogP contribution in [0.25, 0.3) is 0 Å². The van der Waals surface area contributed by atoms with Crippen molar-refractivity contribution >= 4 is 23.2 Å². The van der Waals surface area contributed by atoms with Gasteiger partial charge in [0.25, 0.3) is 0 Å². The maximum atomic E-state index is 13.8. The molecule has 0 bridgehead atoms. The van der Waals surface area contributed by atoms with Gasteiger partial charge in [-0.1, -0.05) is 12.1 Å². The Morgan fingerprint density at radius 1 is 1.05 bits per heavy atom. The molecule has 1 aliphatic carbocycles. The van der Waals surface area contributed by atoms with E-state index in [1.807, 2.05) is 19.1 Å². The lowest BCUT2D eigenvalue weighted by molar-refractivity contribution is -0.139. The van der Waals surface area contributed by atoms with Crippen LogP contribution in [0.15, 0.2) is 36.4 Å². The second-order valence-corrected chi connectivity index (χ2v) is 10.2. The molecule has 2 aromatic carbocycles. The first-order valence-corrected chi connectivity index (χ1v) is 13.4. The van der Waals surface area contributed by atoms with Crippen LogP contribution in [0.3, 0.4) is 0 Å². The molecule has 1 saturated carbocycles. The van der Waals surface area contributed by atoms with E-state index in [4.69, 9.17) is 14.2 Å². The van der Waals surface area contributed by atoms with Gasteiger partial charge >= 0.3 is 6.18 Å². The number of amides is 2. The minimum absolute atomic E-state index is 0.0484. The molecule has 1 heterocycles. The lowest BCUT2D eigenvalue weighted by Gasteiger charge is -2.33. The van der Waals surface area contributed by atoms with Crippen molar-refractivity contribution < 1.29 is 37.0 Å². The number of piperidine rings is 1. The van der Waals surface area contributed by atoms with Crippen LogP contribution in [0, 0.1) is 18.8 Å². The van der Waals surface area contributed by atoms with Gasteiger partial charge in [0.2, 0.25) is 11.8 Å². The van der Waals surface area contributed by atoms with Crippen LogP contribution in [-0.2, 0) is 20.5 Å². The first-order valence-electron chi connectivity index (χ1n) is 13.4. The molecular weight excluding hydrogens is 527 g/mol. The van der Waals surface area contributed by atoms with Gasteiger partial charge in [-0.15, -0.1) is 0 Å². The zero-order chi connectivity index (χ0) is 28.9. The Morgan fingerprint density at radius 2 is 1.80 bits per heavy atom. The molecule has 2 fully saturated rings. The quantitative estimate of drug-likeness (QED) is 0.382. The monoisotopic (exact) mass is 563 g/mol. The zero-order valence-corrected chi connectivity index (χ0v) is 23.0. The molecule has 2 aromatic rings. The van der Waals surface area contributed by atoms with E-state index in [-0.39, 0.29) is 30.2 Å². The number of rotatable bonds is 11. The molecule has 0 unspecified atom stereocenters. The molecule has 2 amide bonds. The number of halogens is 3. The number of nitrogens with one attached hydrogen (secondary N) is 2. The Kier molecular flexibility index (Phi) is 9.57. The van der Waals surface area contributed by atoms with Crippen molar-refractivity contribution in [2.75, 3.05) is 50.7 Å². The highest BCUT2D eigenvalue weighted by Gasteiger charge is 2.41. The molecule has 0 spiro atoms. The highest BCUT2D eigenvalue weighted by molar-refractivity contribution is 5.98. The number of hydrogen-bond donors (Lipinski definition) is 2. The van der Waals surface area contributed by atoms with Gasteiger partial charge in [-0.2, -0.15) is 13.2 Å². The summed E-state index contributed by atoms with van der Waals surface area (Å²) in [5, 5.41) is 6.15. The Bertz CT molecular complexity index is 1200. The number of aryl methyl sites for hydroxylation is 1. The molecule has 2 atom stereocenters. The highest BCUT2D eigenvalue weighted by Crippen LogP contribution is 2.41. The fourth-order valence-electron chi connectivity index (χ4n) is 4.97. The van der Waals surface area contributed by atoms with E-state index in [1.165, 1.54) is 26.4 Å². The van der Waals surface area contributed by atoms with Gasteiger partial charge in [0.15, 0.2) is 0 Å². The number of benzene rings is 2. The van der Waals surface area contributed by atoms with Crippen molar-refractivity contribution in [2.45, 2.75) is 44.8 Å². The average molecular weight is 564 g/mol. The smallest absolute Gasteiger partial charge is 0.419 e. The van der Waals surface area contributed by atoms with Crippen molar-refractivity contribution in [3.8, 4) is 11.5 Å². The summed E-state index contributed by atoms with van der Waals surface area (Å²) in [5.41, 5.74) is 0.912. The molecule has 0 aromatic heterocycles. The van der Waals surface area contributed by atoms with Crippen molar-refractivity contribution in [3.05, 3.63) is 47.5 Å². The lowest BCUT2D eigenvalue weighted by atomic mass is 9.88. The molecule has 8 nitrogen and oxygen atoms in total. The van der Waals surface area contributed by atoms with Crippen LogP contribution >= 0.6 is 0 Å². The van der Waals surface area contributed by atoms with E-state index < -0.39 is 23.6 Å². The van der Waals surface area contributed by atoms with Crippen LogP contribution in [0.1, 0.15) is 36.8 Å². The molecule has 40 heavy (non-hydrogen) atoms. The Morgan fingerprint density at radius 3 is 2.48 bits per heavy atom. The normalized spacial score (nSPS) is 19.1. The van der Waals surface area contributed by atoms with Crippen molar-refractivity contribution in [1.82, 2.24) is 5.32 Å². The maximum absolute atomic E-state index is 13.8. The van der Waals surface area contributed by atoms with Gasteiger partial charge in [-0.05, 0) is 49.9 Å². The fraction of sp³-hybridized carbons (Fsp3) is 0.517. The van der Waals surface area contributed by atoms with Crippen LogP contribution < -0.4 is 25.0 Å². The molecule has 4 rings (SSSR count). The topological polar surface area (TPSA) is 89.1 Å². The van der Waals surface area contributed by atoms with Gasteiger partial charge < -0.3 is 29.7 Å². The number of para-hydroxylation sites is 1. The Balaban J connectivity index is 1.51. The van der Waals surface area contributed by atoms with Gasteiger partial charge in [0.05, 0.1) is 36.8 Å². The van der Waals surface area contributed by atoms with Crippen molar-refractivity contribution in [1.29, 1.82) is 0 Å². The minimum Gasteiger partial charge on any atom is -0.495 e. The number of anilines is 2. The van der Waals surface area contributed by atoms with Crippen molar-refractivity contribution in [3.63, 3.8) is 0 Å². The third kappa shape index (κ3) is 7.06. The van der Waals surface area contributed by atoms with E-state index in [0.29, 0.717) is 49.7 Å². The maximum Gasteiger partial charge on any atom is 0.419 e. The van der Waals surface area contributed by atoms with Crippen molar-refractivity contribution in [2.24, 2.45) is 11.8 Å². The predicted octanol–water partition coefficient (Wildman–Crippen LogP) is 4.80. The van der Waals surface area contributed by atoms with Gasteiger partial charge in [-0.25, -0.2) is 0 Å². The molecule has 218 valence electrons. The molecule has 2 N–H and O–H groups in total. The molecule has 0 radical (unpaired) electrons. The van der Waals surface area contributed by atoms with E-state index in [2.05, 4.69) is 10.6 Å². The average Bonchev–Trinajstić information content (AvgIpc) is 3.77. The van der Waals surface area contributed by atoms with E-state index >= 15 is 0 Å². The number of alkyl halides is 3. The summed E-state index contributed by atoms with van der Waals surface area (Å²) in [4.78, 5) is 28.6. The summed E-state index contributed by atoms with van der Waals surface area (Å²) < 4.78 is 56.9. The number of nitrogens with zero attached hydrogens (tertiary/aromatic N) is 1. The first-order chi connectivity index (χ1) is 19.1. The van der Waals surface area contributed by atoms with Crippen LogP contribution in [0.4, 0.5) is 24.5 Å². The highest BCUT2D eigenvalue weighted by atomic mass is 19.4. The second-order valence-electron chi connectivity index (χ2n) is 10.2. The second kappa shape index (κ2) is 12.9. The lowest BCUT2D eigenvalue weighted by Crippen LogP contribution is -2.49. The van der Waals surface area contributed by atoms with Crippen LogP contribution in [-0.4, -0.2) is 58.4 Å². The number of ether oxygens (including phenoxy) is 3. The van der Waals surface area contributed by atoms with E-state index in [0.717, 1.165) is 24.5 Å². The third-order valence-electron chi connectivity index (χ3n) is 7.22. The summed E-state index contributed by atoms with van der Waals surface area (Å²) in [5.74, 6) is -1.20. The minimum atomic E-state index is -4.60. The summed E-state index contributed by atoms with van der Waals surface area (Å²) in [7, 11) is 3.04. The number of hydrogen-bond acceptors (Lipinski definition) is 6. The number of methoxy groups -OCH3 is 2. The number of carbonyl (C=O) groups excluding carboxylic acids is 2. The molecule has 2 aliphatic rings. The zero-order valence-electron chi connectivity index (χ0n) is 23.0. The van der Waals surface area contributed by atoms with Gasteiger partial charge in [0, 0.05) is 51.0 Å². The SMILES string of the molecule is COCCCOc1cc(N(C(=O)[C@H]2CNC[C@@H](C(=O)Nc3c(C)cccc3OC)C2)C2CC2)ccc1C(F)(F)F. The molecular formula is C29H36F3N3O5. The summed E-state index contributed by atoms with van der Waals surface area (Å²) in [6, 6.07) is 8.97. The Labute approximate surface area is 232 Å². The largest absolute Gasteiger partial charge is 0.495 e. The fourth-order valence-corrected chi connectivity index (χ4v) is 4.97. The van der Waals surface area contributed by atoms with E-state index in [9.17, 15) is 22.8 Å². The summed E-state index contributed by atoms with van der Waals surface area (Å²) >= 11 is 0. The van der Waals surface area contributed by atoms with Gasteiger partial charge in [-0.3, -0.25) is 9.59 Å². The number of carbonyl (C=O) groups is 2. The van der Waals surface area contributed by atoms with Gasteiger partial charge in [0.1, 0.15) is 11.5 Å². The molecule has 11 heteroatoms. The van der Waals surface area contributed by atoms with Crippen LogP contribution in [0.5, 0.6) is 11.5 Å². The predicted molar refractivity (Wildman–Crippen MR) is 145 cm³/mol. The first kappa shape index (κ1) is 29.7. The molecule has 1 aliphatic heterocycles. The molecule has 1 saturated heterocycles. The summed E-state index contributed by atoms with van der Waals surface area (Å²) in [6.45, 7) is 3.06. The third-order valence-corrected chi connectivity index (χ3v) is 7.22. The standard InChI is InChI=1S/C29H36F3N3O5/c1-18-6-4-7-24(39-3)26(18)34-27(36)19-14-20(17-33-16-19)28(37)35(21-8-9-21)22-10-11-23(29(30,31)32)25(15-22)40-13-5-12-38-2/h4,6-7,10-11,15,19-21,33H,5,8-9,12-14,16-17H2,1-3H3,(H,34,36)/t19-,20+/m0/s1. The van der Waals surface area contributed by atoms with Crippen LogP contribution in [0.2, 0.25) is 0 Å². The van der Waals surface area contributed by atoms with E-state index in [1.54, 1.807) is 11.0 Å².